The summed E-state index contributed by atoms with van der Waals surface area (Å²) in [6.45, 7) is 2.02. The lowest BCUT2D eigenvalue weighted by atomic mass is 10.1. The fourth-order valence-electron chi connectivity index (χ4n) is 1.65. The largest absolute Gasteiger partial charge is 0.330 e. The molecule has 0 bridgehead atoms. The fraction of sp³-hybridized carbons (Fsp3) is 0.214. The number of benzene rings is 1. The number of rotatable bonds is 5. The number of Topliss-reactive ketones (excluding diaryl/α,β-unsaturated/α-hetero) is 1. The molecule has 0 aliphatic carbocycles. The molecule has 0 unspecified atom stereocenters. The Morgan fingerprint density at radius 1 is 1.30 bits per heavy atom. The van der Waals surface area contributed by atoms with Gasteiger partial charge in [-0.25, -0.2) is 4.98 Å². The second-order valence-electron chi connectivity index (χ2n) is 4.28. The van der Waals surface area contributed by atoms with Crippen molar-refractivity contribution in [3.05, 3.63) is 46.5 Å². The molecular weight excluding hydrogens is 274 g/mol. The second-order valence-corrected chi connectivity index (χ2v) is 5.14. The van der Waals surface area contributed by atoms with E-state index in [9.17, 15) is 9.59 Å². The van der Waals surface area contributed by atoms with Crippen LogP contribution >= 0.6 is 11.3 Å². The van der Waals surface area contributed by atoms with Crippen molar-refractivity contribution in [1.82, 2.24) is 4.98 Å². The third kappa shape index (κ3) is 3.49. The van der Waals surface area contributed by atoms with Crippen molar-refractivity contribution in [2.24, 2.45) is 5.73 Å². The molecule has 2 rings (SSSR count). The SMILES string of the molecule is CC(=O)c1csc(NC(=O)c2ccc(CCN)cc2)n1. The van der Waals surface area contributed by atoms with Gasteiger partial charge < -0.3 is 5.73 Å². The van der Waals surface area contributed by atoms with E-state index in [0.717, 1.165) is 12.0 Å². The second kappa shape index (κ2) is 6.40. The lowest BCUT2D eigenvalue weighted by Crippen LogP contribution is -2.12. The van der Waals surface area contributed by atoms with Crippen molar-refractivity contribution in [1.29, 1.82) is 0 Å². The number of anilines is 1. The molecule has 0 aliphatic rings. The molecule has 1 heterocycles. The van der Waals surface area contributed by atoms with Gasteiger partial charge in [0.25, 0.3) is 5.91 Å². The Balaban J connectivity index is 2.05. The maximum absolute atomic E-state index is 12.0. The van der Waals surface area contributed by atoms with E-state index in [-0.39, 0.29) is 11.7 Å². The number of nitrogens with one attached hydrogen (secondary N) is 1. The van der Waals surface area contributed by atoms with E-state index in [1.165, 1.54) is 18.3 Å². The Morgan fingerprint density at radius 3 is 2.55 bits per heavy atom. The van der Waals surface area contributed by atoms with Crippen LogP contribution in [0, 0.1) is 0 Å². The number of nitrogens with zero attached hydrogens (tertiary/aromatic N) is 1. The number of carbonyl (C=O) groups is 2. The van der Waals surface area contributed by atoms with Gasteiger partial charge in [-0.2, -0.15) is 0 Å². The molecular formula is C14H15N3O2S. The van der Waals surface area contributed by atoms with Crippen LogP contribution in [0.3, 0.4) is 0 Å². The van der Waals surface area contributed by atoms with Gasteiger partial charge in [0, 0.05) is 17.9 Å². The van der Waals surface area contributed by atoms with Gasteiger partial charge in [0.2, 0.25) is 0 Å². The predicted molar refractivity (Wildman–Crippen MR) is 79.3 cm³/mol. The molecule has 104 valence electrons. The quantitative estimate of drug-likeness (QED) is 0.825. The zero-order chi connectivity index (χ0) is 14.5. The zero-order valence-electron chi connectivity index (χ0n) is 11.1. The van der Waals surface area contributed by atoms with Crippen molar-refractivity contribution in [3.63, 3.8) is 0 Å². The van der Waals surface area contributed by atoms with E-state index < -0.39 is 0 Å². The van der Waals surface area contributed by atoms with Crippen LogP contribution in [0.25, 0.3) is 0 Å². The third-order valence-electron chi connectivity index (χ3n) is 2.73. The van der Waals surface area contributed by atoms with Gasteiger partial charge in [0.15, 0.2) is 10.9 Å². The standard InChI is InChI=1S/C14H15N3O2S/c1-9(18)12-8-20-14(16-12)17-13(19)11-4-2-10(3-5-11)6-7-15/h2-5,8H,6-7,15H2,1H3,(H,16,17,19). The summed E-state index contributed by atoms with van der Waals surface area (Å²) < 4.78 is 0. The first kappa shape index (κ1) is 14.4. The van der Waals surface area contributed by atoms with Crippen LogP contribution in [0.5, 0.6) is 0 Å². The number of ketones is 1. The molecule has 5 nitrogen and oxygen atoms in total. The highest BCUT2D eigenvalue weighted by Gasteiger charge is 2.10. The van der Waals surface area contributed by atoms with Gasteiger partial charge in [0.05, 0.1) is 0 Å². The van der Waals surface area contributed by atoms with Gasteiger partial charge in [-0.05, 0) is 30.7 Å². The lowest BCUT2D eigenvalue weighted by molar-refractivity contribution is 0.100. The molecule has 3 N–H and O–H groups in total. The normalized spacial score (nSPS) is 10.3. The molecule has 0 radical (unpaired) electrons. The fourth-order valence-corrected chi connectivity index (χ4v) is 2.40. The topological polar surface area (TPSA) is 85.1 Å². The van der Waals surface area contributed by atoms with Crippen LogP contribution in [0.1, 0.15) is 33.3 Å². The first-order valence-corrected chi connectivity index (χ1v) is 7.05. The third-order valence-corrected chi connectivity index (χ3v) is 3.49. The highest BCUT2D eigenvalue weighted by atomic mass is 32.1. The van der Waals surface area contributed by atoms with Gasteiger partial charge in [0.1, 0.15) is 5.69 Å². The molecule has 0 saturated carbocycles. The van der Waals surface area contributed by atoms with Gasteiger partial charge in [-0.3, -0.25) is 14.9 Å². The van der Waals surface area contributed by atoms with Crippen LogP contribution in [0.2, 0.25) is 0 Å². The summed E-state index contributed by atoms with van der Waals surface area (Å²) in [6.07, 6.45) is 0.788. The van der Waals surface area contributed by atoms with Crippen LogP contribution in [0.15, 0.2) is 29.6 Å². The average molecular weight is 289 g/mol. The summed E-state index contributed by atoms with van der Waals surface area (Å²) in [5.41, 5.74) is 7.48. The lowest BCUT2D eigenvalue weighted by Gasteiger charge is -2.03. The minimum absolute atomic E-state index is 0.118. The molecule has 0 fully saturated rings. The highest BCUT2D eigenvalue weighted by molar-refractivity contribution is 7.14. The van der Waals surface area contributed by atoms with Crippen molar-refractivity contribution in [2.75, 3.05) is 11.9 Å². The first-order chi connectivity index (χ1) is 9.60. The molecule has 1 aromatic carbocycles. The molecule has 20 heavy (non-hydrogen) atoms. The molecule has 1 aromatic heterocycles. The number of amides is 1. The minimum Gasteiger partial charge on any atom is -0.330 e. The molecule has 0 saturated heterocycles. The molecule has 0 spiro atoms. The maximum Gasteiger partial charge on any atom is 0.257 e. The first-order valence-electron chi connectivity index (χ1n) is 6.17. The van der Waals surface area contributed by atoms with Crippen LogP contribution in [0.4, 0.5) is 5.13 Å². The van der Waals surface area contributed by atoms with Crippen molar-refractivity contribution in [2.45, 2.75) is 13.3 Å². The average Bonchev–Trinajstić information content (AvgIpc) is 2.88. The minimum atomic E-state index is -0.242. The maximum atomic E-state index is 12.0. The molecule has 0 atom stereocenters. The van der Waals surface area contributed by atoms with E-state index in [2.05, 4.69) is 10.3 Å². The number of nitrogens with two attached hydrogens (primary N) is 1. The van der Waals surface area contributed by atoms with Crippen molar-refractivity contribution >= 4 is 28.2 Å². The molecule has 0 aliphatic heterocycles. The predicted octanol–water partition coefficient (Wildman–Crippen LogP) is 2.10. The van der Waals surface area contributed by atoms with Gasteiger partial charge in [-0.1, -0.05) is 12.1 Å². The summed E-state index contributed by atoms with van der Waals surface area (Å²) in [5.74, 6) is -0.360. The Kier molecular flexibility index (Phi) is 4.60. The Hall–Kier alpha value is -2.05. The number of carbonyl (C=O) groups excluding carboxylic acids is 2. The molecule has 1 amide bonds. The summed E-state index contributed by atoms with van der Waals surface area (Å²) >= 11 is 1.23. The van der Waals surface area contributed by atoms with E-state index in [4.69, 9.17) is 5.73 Å². The number of hydrogen-bond acceptors (Lipinski definition) is 5. The highest BCUT2D eigenvalue weighted by Crippen LogP contribution is 2.17. The van der Waals surface area contributed by atoms with Gasteiger partial charge in [-0.15, -0.1) is 11.3 Å². The van der Waals surface area contributed by atoms with E-state index in [0.29, 0.717) is 22.9 Å². The Morgan fingerprint density at radius 2 is 2.00 bits per heavy atom. The smallest absolute Gasteiger partial charge is 0.257 e. The van der Waals surface area contributed by atoms with Crippen LogP contribution in [-0.4, -0.2) is 23.2 Å². The van der Waals surface area contributed by atoms with E-state index in [1.54, 1.807) is 17.5 Å². The van der Waals surface area contributed by atoms with Crippen molar-refractivity contribution < 1.29 is 9.59 Å². The summed E-state index contributed by atoms with van der Waals surface area (Å²) in [4.78, 5) is 27.2. The number of hydrogen-bond donors (Lipinski definition) is 2. The summed E-state index contributed by atoms with van der Waals surface area (Å²) in [7, 11) is 0. The number of thiazole rings is 1. The number of aromatic nitrogens is 1. The molecule has 2 aromatic rings. The summed E-state index contributed by atoms with van der Waals surface area (Å²) in [6, 6.07) is 7.26. The van der Waals surface area contributed by atoms with E-state index in [1.807, 2.05) is 12.1 Å². The monoisotopic (exact) mass is 289 g/mol. The molecule has 6 heteroatoms. The summed E-state index contributed by atoms with van der Waals surface area (Å²) in [5, 5.41) is 4.73. The van der Waals surface area contributed by atoms with Crippen LogP contribution in [-0.2, 0) is 6.42 Å². The van der Waals surface area contributed by atoms with Crippen molar-refractivity contribution in [3.8, 4) is 0 Å². The zero-order valence-corrected chi connectivity index (χ0v) is 11.9. The Labute approximate surface area is 120 Å². The van der Waals surface area contributed by atoms with Gasteiger partial charge >= 0.3 is 0 Å². The van der Waals surface area contributed by atoms with E-state index >= 15 is 0 Å². The Bertz CT molecular complexity index is 620. The van der Waals surface area contributed by atoms with Crippen LogP contribution < -0.4 is 11.1 Å².